The average molecular weight is 538 g/mol. The maximum Gasteiger partial charge on any atom is 0.130 e. The minimum atomic E-state index is 0.557. The predicted octanol–water partition coefficient (Wildman–Crippen LogP) is 5.94. The van der Waals surface area contributed by atoms with Crippen LogP contribution in [0.5, 0.6) is 23.0 Å². The van der Waals surface area contributed by atoms with E-state index >= 15 is 0 Å². The number of halogens is 1. The van der Waals surface area contributed by atoms with E-state index in [2.05, 4.69) is 38.8 Å². The van der Waals surface area contributed by atoms with E-state index < -0.39 is 0 Å². The van der Waals surface area contributed by atoms with Crippen LogP contribution >= 0.6 is 15.9 Å². The van der Waals surface area contributed by atoms with E-state index in [1.54, 1.807) is 34.6 Å². The molecule has 0 aliphatic rings. The predicted molar refractivity (Wildman–Crippen MR) is 141 cm³/mol. The van der Waals surface area contributed by atoms with Crippen molar-refractivity contribution in [1.29, 1.82) is 0 Å². The number of anilines is 1. The first-order valence-corrected chi connectivity index (χ1v) is 11.8. The lowest BCUT2D eigenvalue weighted by atomic mass is 10.1. The number of fused-ring (bicyclic) bond motifs is 1. The normalized spacial score (nSPS) is 10.8. The first-order valence-electron chi connectivity index (χ1n) is 11.1. The molecular weight excluding hydrogens is 510 g/mol. The van der Waals surface area contributed by atoms with Crippen molar-refractivity contribution in [2.45, 2.75) is 20.0 Å². The largest absolute Gasteiger partial charge is 0.497 e. The summed E-state index contributed by atoms with van der Waals surface area (Å²) in [7, 11) is 6.61. The SMILES string of the molecule is COc1ccc(CN(Cc2ccc(OC)cc2OC)c2cc(C)c3ncc(Br)cc3n2)c(OC)c1. The van der Waals surface area contributed by atoms with Gasteiger partial charge in [-0.2, -0.15) is 0 Å². The van der Waals surface area contributed by atoms with Crippen LogP contribution in [0.4, 0.5) is 5.82 Å². The molecule has 182 valence electrons. The van der Waals surface area contributed by atoms with Gasteiger partial charge in [0.25, 0.3) is 0 Å². The first kappa shape index (κ1) is 24.6. The van der Waals surface area contributed by atoms with Gasteiger partial charge in [0, 0.05) is 47.0 Å². The molecule has 0 amide bonds. The molecule has 0 unspecified atom stereocenters. The number of aromatic nitrogens is 2. The van der Waals surface area contributed by atoms with E-state index in [1.807, 2.05) is 42.5 Å². The second-order valence-electron chi connectivity index (χ2n) is 8.03. The Bertz CT molecular complexity index is 1290. The van der Waals surface area contributed by atoms with Crippen molar-refractivity contribution in [1.82, 2.24) is 9.97 Å². The monoisotopic (exact) mass is 537 g/mol. The van der Waals surface area contributed by atoms with Crippen LogP contribution in [0.15, 0.2) is 59.2 Å². The highest BCUT2D eigenvalue weighted by molar-refractivity contribution is 9.10. The van der Waals surface area contributed by atoms with Gasteiger partial charge in [0.05, 0.1) is 39.5 Å². The second-order valence-corrected chi connectivity index (χ2v) is 8.95. The maximum atomic E-state index is 5.68. The number of nitrogens with zero attached hydrogens (tertiary/aromatic N) is 3. The lowest BCUT2D eigenvalue weighted by Crippen LogP contribution is -2.24. The summed E-state index contributed by atoms with van der Waals surface area (Å²) in [5.74, 6) is 3.80. The lowest BCUT2D eigenvalue weighted by Gasteiger charge is -2.26. The molecule has 2 heterocycles. The molecule has 0 spiro atoms. The zero-order valence-corrected chi connectivity index (χ0v) is 22.0. The third-order valence-electron chi connectivity index (χ3n) is 5.82. The van der Waals surface area contributed by atoms with Gasteiger partial charge in [-0.15, -0.1) is 0 Å². The molecule has 0 aliphatic carbocycles. The molecule has 0 fully saturated rings. The fourth-order valence-corrected chi connectivity index (χ4v) is 4.31. The molecule has 0 bridgehead atoms. The van der Waals surface area contributed by atoms with Crippen LogP contribution in [0.25, 0.3) is 11.0 Å². The van der Waals surface area contributed by atoms with Gasteiger partial charge in [0.1, 0.15) is 28.8 Å². The number of hydrogen-bond acceptors (Lipinski definition) is 7. The van der Waals surface area contributed by atoms with E-state index in [1.165, 1.54) is 0 Å². The molecule has 35 heavy (non-hydrogen) atoms. The van der Waals surface area contributed by atoms with Crippen LogP contribution in [0.3, 0.4) is 0 Å². The third kappa shape index (κ3) is 5.43. The summed E-state index contributed by atoms with van der Waals surface area (Å²) in [6.45, 7) is 3.16. The summed E-state index contributed by atoms with van der Waals surface area (Å²) < 4.78 is 23.0. The van der Waals surface area contributed by atoms with Gasteiger partial charge < -0.3 is 23.8 Å². The van der Waals surface area contributed by atoms with Crippen molar-refractivity contribution in [3.63, 3.8) is 0 Å². The fourth-order valence-electron chi connectivity index (χ4n) is 3.99. The maximum absolute atomic E-state index is 5.68. The molecule has 4 aromatic rings. The van der Waals surface area contributed by atoms with E-state index in [4.69, 9.17) is 23.9 Å². The van der Waals surface area contributed by atoms with E-state index in [9.17, 15) is 0 Å². The van der Waals surface area contributed by atoms with Crippen molar-refractivity contribution in [3.8, 4) is 23.0 Å². The highest BCUT2D eigenvalue weighted by atomic mass is 79.9. The number of methoxy groups -OCH3 is 4. The van der Waals surface area contributed by atoms with Crippen molar-refractivity contribution in [2.24, 2.45) is 0 Å². The molecule has 0 saturated heterocycles. The molecule has 0 aliphatic heterocycles. The van der Waals surface area contributed by atoms with Gasteiger partial charge in [-0.05, 0) is 64.8 Å². The Morgan fingerprint density at radius 3 is 1.86 bits per heavy atom. The lowest BCUT2D eigenvalue weighted by molar-refractivity contribution is 0.389. The van der Waals surface area contributed by atoms with Gasteiger partial charge in [-0.1, -0.05) is 0 Å². The minimum absolute atomic E-state index is 0.557. The second kappa shape index (κ2) is 10.8. The van der Waals surface area contributed by atoms with Gasteiger partial charge in [0.15, 0.2) is 0 Å². The summed E-state index contributed by atoms with van der Waals surface area (Å²) >= 11 is 3.52. The number of benzene rings is 2. The topological polar surface area (TPSA) is 65.9 Å². The number of pyridine rings is 2. The Morgan fingerprint density at radius 2 is 1.34 bits per heavy atom. The minimum Gasteiger partial charge on any atom is -0.497 e. The summed E-state index contributed by atoms with van der Waals surface area (Å²) in [5, 5.41) is 0. The Hall–Kier alpha value is -3.52. The number of hydrogen-bond donors (Lipinski definition) is 0. The quantitative estimate of drug-likeness (QED) is 0.261. The highest BCUT2D eigenvalue weighted by Gasteiger charge is 2.18. The molecule has 0 atom stereocenters. The van der Waals surface area contributed by atoms with Crippen LogP contribution < -0.4 is 23.8 Å². The van der Waals surface area contributed by atoms with Crippen LogP contribution in [0.1, 0.15) is 16.7 Å². The smallest absolute Gasteiger partial charge is 0.130 e. The summed E-state index contributed by atoms with van der Waals surface area (Å²) in [5.41, 5.74) is 4.76. The Labute approximate surface area is 213 Å². The molecule has 4 rings (SSSR count). The van der Waals surface area contributed by atoms with Crippen molar-refractivity contribution in [3.05, 3.63) is 75.9 Å². The van der Waals surface area contributed by atoms with Crippen LogP contribution in [-0.2, 0) is 13.1 Å². The zero-order chi connectivity index (χ0) is 24.9. The molecule has 2 aromatic heterocycles. The highest BCUT2D eigenvalue weighted by Crippen LogP contribution is 2.32. The molecule has 0 radical (unpaired) electrons. The molecule has 0 saturated carbocycles. The van der Waals surface area contributed by atoms with Crippen molar-refractivity contribution >= 4 is 32.8 Å². The molecule has 7 nitrogen and oxygen atoms in total. The Kier molecular flexibility index (Phi) is 7.60. The van der Waals surface area contributed by atoms with Crippen LogP contribution in [0.2, 0.25) is 0 Å². The van der Waals surface area contributed by atoms with E-state index in [0.717, 1.165) is 61.0 Å². The van der Waals surface area contributed by atoms with E-state index in [-0.39, 0.29) is 0 Å². The first-order chi connectivity index (χ1) is 16.9. The average Bonchev–Trinajstić information content (AvgIpc) is 2.88. The number of ether oxygens (including phenoxy) is 4. The Morgan fingerprint density at radius 1 is 0.771 bits per heavy atom. The number of rotatable bonds is 9. The van der Waals surface area contributed by atoms with Crippen molar-refractivity contribution in [2.75, 3.05) is 33.3 Å². The Balaban J connectivity index is 1.81. The zero-order valence-electron chi connectivity index (χ0n) is 20.5. The molecule has 0 N–H and O–H groups in total. The molecule has 2 aromatic carbocycles. The van der Waals surface area contributed by atoms with Crippen LogP contribution in [-0.4, -0.2) is 38.4 Å². The van der Waals surface area contributed by atoms with Gasteiger partial charge in [0.2, 0.25) is 0 Å². The van der Waals surface area contributed by atoms with Gasteiger partial charge in [-0.25, -0.2) is 4.98 Å². The van der Waals surface area contributed by atoms with Gasteiger partial charge in [-0.3, -0.25) is 4.98 Å². The standard InChI is InChI=1S/C27H28BrN3O4/c1-17-10-26(30-23-11-20(28)14-29-27(17)23)31(15-18-6-8-21(32-2)12-24(18)34-4)16-19-7-9-22(33-3)13-25(19)35-5/h6-14H,15-16H2,1-5H3. The van der Waals surface area contributed by atoms with Crippen LogP contribution in [0, 0.1) is 6.92 Å². The third-order valence-corrected chi connectivity index (χ3v) is 6.26. The molecular formula is C27H28BrN3O4. The summed E-state index contributed by atoms with van der Waals surface area (Å²) in [4.78, 5) is 11.7. The summed E-state index contributed by atoms with van der Waals surface area (Å²) in [6.07, 6.45) is 1.79. The molecule has 8 heteroatoms. The van der Waals surface area contributed by atoms with E-state index in [0.29, 0.717) is 13.1 Å². The van der Waals surface area contributed by atoms with Gasteiger partial charge >= 0.3 is 0 Å². The fraction of sp³-hybridized carbons (Fsp3) is 0.259. The number of aryl methyl sites for hydroxylation is 1. The summed E-state index contributed by atoms with van der Waals surface area (Å²) in [6, 6.07) is 15.7. The van der Waals surface area contributed by atoms with Crippen molar-refractivity contribution < 1.29 is 18.9 Å².